The second-order valence-electron chi connectivity index (χ2n) is 5.60. The van der Waals surface area contributed by atoms with Gasteiger partial charge in [0, 0.05) is 36.6 Å². The molecule has 0 aliphatic carbocycles. The van der Waals surface area contributed by atoms with Gasteiger partial charge in [0.1, 0.15) is 0 Å². The Bertz CT molecular complexity index is 387. The lowest BCUT2D eigenvalue weighted by atomic mass is 10.1. The Morgan fingerprint density at radius 1 is 1.41 bits per heavy atom. The number of thiophene rings is 1. The van der Waals surface area contributed by atoms with E-state index in [1.165, 1.54) is 38.0 Å². The highest BCUT2D eigenvalue weighted by atomic mass is 32.1. The summed E-state index contributed by atoms with van der Waals surface area (Å²) in [6.07, 6.45) is 2.82. The molecule has 0 amide bonds. The van der Waals surface area contributed by atoms with Crippen LogP contribution in [0.2, 0.25) is 0 Å². The van der Waals surface area contributed by atoms with Crippen molar-refractivity contribution in [3.05, 3.63) is 21.9 Å². The molecule has 2 nitrogen and oxygen atoms in total. The fourth-order valence-corrected chi connectivity index (χ4v) is 4.15. The third-order valence-corrected chi connectivity index (χ3v) is 5.39. The van der Waals surface area contributed by atoms with Crippen molar-refractivity contribution in [3.63, 3.8) is 0 Å². The lowest BCUT2D eigenvalue weighted by molar-refractivity contribution is 0.0546. The summed E-state index contributed by atoms with van der Waals surface area (Å²) in [5.74, 6) is 0. The molecule has 1 aromatic heterocycles. The topological polar surface area (TPSA) is 6.48 Å². The van der Waals surface area contributed by atoms with Crippen molar-refractivity contribution in [1.82, 2.24) is 9.80 Å². The molecule has 94 valence electrons. The fraction of sp³-hybridized carbons (Fsp3) is 0.714. The lowest BCUT2D eigenvalue weighted by Crippen LogP contribution is -2.54. The van der Waals surface area contributed by atoms with Crippen molar-refractivity contribution in [3.8, 4) is 0 Å². The van der Waals surface area contributed by atoms with Gasteiger partial charge in [0.25, 0.3) is 0 Å². The summed E-state index contributed by atoms with van der Waals surface area (Å²) in [7, 11) is 0. The number of hydrogen-bond donors (Lipinski definition) is 0. The van der Waals surface area contributed by atoms with Crippen LogP contribution in [0.25, 0.3) is 0 Å². The van der Waals surface area contributed by atoms with E-state index in [1.54, 1.807) is 4.88 Å². The molecule has 3 heteroatoms. The summed E-state index contributed by atoms with van der Waals surface area (Å²) in [5, 5.41) is 2.22. The molecule has 2 aliphatic heterocycles. The Balaban J connectivity index is 1.69. The molecule has 2 fully saturated rings. The summed E-state index contributed by atoms with van der Waals surface area (Å²) in [6.45, 7) is 9.67. The summed E-state index contributed by atoms with van der Waals surface area (Å²) in [6, 6.07) is 3.80. The van der Waals surface area contributed by atoms with Gasteiger partial charge in [-0.2, -0.15) is 0 Å². The van der Waals surface area contributed by atoms with Crippen LogP contribution in [-0.4, -0.2) is 41.5 Å². The van der Waals surface area contributed by atoms with Crippen molar-refractivity contribution in [2.24, 2.45) is 0 Å². The first-order chi connectivity index (χ1) is 8.24. The van der Waals surface area contributed by atoms with E-state index in [0.29, 0.717) is 6.04 Å². The standard InChI is InChI=1S/C14H22N2S/c1-11-5-7-17-14(11)10-16-9-13-4-3-6-15(13)8-12(16)2/h5,7,12-13H,3-4,6,8-10H2,1-2H3/t12-,13?/m0/s1. The number of aryl methyl sites for hydroxylation is 1. The number of hydrogen-bond acceptors (Lipinski definition) is 3. The normalized spacial score (nSPS) is 30.7. The highest BCUT2D eigenvalue weighted by Crippen LogP contribution is 2.27. The third kappa shape index (κ3) is 2.28. The summed E-state index contributed by atoms with van der Waals surface area (Å²) in [4.78, 5) is 6.94. The largest absolute Gasteiger partial charge is 0.298 e. The molecule has 3 heterocycles. The Kier molecular flexibility index (Phi) is 3.24. The van der Waals surface area contributed by atoms with Crippen LogP contribution in [0.15, 0.2) is 11.4 Å². The lowest BCUT2D eigenvalue weighted by Gasteiger charge is -2.42. The summed E-state index contributed by atoms with van der Waals surface area (Å²) in [5.41, 5.74) is 1.47. The van der Waals surface area contributed by atoms with Crippen molar-refractivity contribution in [1.29, 1.82) is 0 Å². The second-order valence-corrected chi connectivity index (χ2v) is 6.60. The number of piperazine rings is 1. The predicted molar refractivity (Wildman–Crippen MR) is 73.5 cm³/mol. The van der Waals surface area contributed by atoms with Gasteiger partial charge in [0.05, 0.1) is 0 Å². The van der Waals surface area contributed by atoms with Crippen molar-refractivity contribution in [2.45, 2.75) is 45.3 Å². The molecule has 17 heavy (non-hydrogen) atoms. The van der Waals surface area contributed by atoms with Crippen LogP contribution < -0.4 is 0 Å². The average molecular weight is 250 g/mol. The minimum Gasteiger partial charge on any atom is -0.298 e. The van der Waals surface area contributed by atoms with Gasteiger partial charge in [0.2, 0.25) is 0 Å². The van der Waals surface area contributed by atoms with Gasteiger partial charge in [-0.3, -0.25) is 9.80 Å². The summed E-state index contributed by atoms with van der Waals surface area (Å²) < 4.78 is 0. The van der Waals surface area contributed by atoms with Gasteiger partial charge in [-0.15, -0.1) is 11.3 Å². The predicted octanol–water partition coefficient (Wildman–Crippen LogP) is 2.73. The van der Waals surface area contributed by atoms with Crippen molar-refractivity contribution in [2.75, 3.05) is 19.6 Å². The molecule has 0 radical (unpaired) electrons. The quantitative estimate of drug-likeness (QED) is 0.796. The number of nitrogens with zero attached hydrogens (tertiary/aromatic N) is 2. The number of rotatable bonds is 2. The van der Waals surface area contributed by atoms with E-state index < -0.39 is 0 Å². The zero-order valence-corrected chi connectivity index (χ0v) is 11.7. The molecule has 1 aromatic rings. The average Bonchev–Trinajstić information content (AvgIpc) is 2.89. The highest BCUT2D eigenvalue weighted by molar-refractivity contribution is 7.10. The van der Waals surface area contributed by atoms with Crippen LogP contribution in [0, 0.1) is 6.92 Å². The Hall–Kier alpha value is -0.380. The first kappa shape index (κ1) is 11.7. The number of fused-ring (bicyclic) bond motifs is 1. The zero-order valence-electron chi connectivity index (χ0n) is 10.9. The molecule has 3 rings (SSSR count). The molecular weight excluding hydrogens is 228 g/mol. The summed E-state index contributed by atoms with van der Waals surface area (Å²) >= 11 is 1.92. The van der Waals surface area contributed by atoms with Gasteiger partial charge >= 0.3 is 0 Å². The molecular formula is C14H22N2S. The van der Waals surface area contributed by atoms with Crippen molar-refractivity contribution < 1.29 is 0 Å². The van der Waals surface area contributed by atoms with Gasteiger partial charge in [-0.25, -0.2) is 0 Å². The monoisotopic (exact) mass is 250 g/mol. The molecule has 0 spiro atoms. The van der Waals surface area contributed by atoms with Crippen LogP contribution in [0.3, 0.4) is 0 Å². The minimum atomic E-state index is 0.714. The SMILES string of the molecule is Cc1ccsc1CN1CC2CCCN2C[C@@H]1C. The van der Waals surface area contributed by atoms with E-state index in [2.05, 4.69) is 35.1 Å². The Morgan fingerprint density at radius 2 is 2.29 bits per heavy atom. The molecule has 2 atom stereocenters. The van der Waals surface area contributed by atoms with Crippen LogP contribution in [0.1, 0.15) is 30.2 Å². The van der Waals surface area contributed by atoms with E-state index in [9.17, 15) is 0 Å². The molecule has 1 unspecified atom stereocenters. The molecule has 0 bridgehead atoms. The second kappa shape index (κ2) is 4.71. The maximum Gasteiger partial charge on any atom is 0.0334 e. The molecule has 0 saturated carbocycles. The van der Waals surface area contributed by atoms with Crippen LogP contribution in [0.4, 0.5) is 0 Å². The van der Waals surface area contributed by atoms with Gasteiger partial charge in [-0.1, -0.05) is 0 Å². The van der Waals surface area contributed by atoms with Crippen LogP contribution >= 0.6 is 11.3 Å². The van der Waals surface area contributed by atoms with Crippen LogP contribution in [0.5, 0.6) is 0 Å². The maximum atomic E-state index is 2.70. The van der Waals surface area contributed by atoms with E-state index in [0.717, 1.165) is 12.6 Å². The molecule has 2 aliphatic rings. The zero-order chi connectivity index (χ0) is 11.8. The van der Waals surface area contributed by atoms with Crippen LogP contribution in [-0.2, 0) is 6.54 Å². The smallest absolute Gasteiger partial charge is 0.0334 e. The van der Waals surface area contributed by atoms with Gasteiger partial charge in [-0.05, 0) is 50.2 Å². The molecule has 0 N–H and O–H groups in total. The highest BCUT2D eigenvalue weighted by Gasteiger charge is 2.34. The van der Waals surface area contributed by atoms with Gasteiger partial charge in [0.15, 0.2) is 0 Å². The minimum absolute atomic E-state index is 0.714. The van der Waals surface area contributed by atoms with Gasteiger partial charge < -0.3 is 0 Å². The first-order valence-electron chi connectivity index (χ1n) is 6.75. The fourth-order valence-electron chi connectivity index (χ4n) is 3.22. The Morgan fingerprint density at radius 3 is 3.06 bits per heavy atom. The third-order valence-electron chi connectivity index (χ3n) is 4.38. The Labute approximate surface area is 108 Å². The van der Waals surface area contributed by atoms with E-state index >= 15 is 0 Å². The van der Waals surface area contributed by atoms with E-state index in [1.807, 2.05) is 11.3 Å². The molecule has 2 saturated heterocycles. The van der Waals surface area contributed by atoms with E-state index in [-0.39, 0.29) is 0 Å². The molecule has 0 aromatic carbocycles. The maximum absolute atomic E-state index is 2.70. The van der Waals surface area contributed by atoms with Crippen molar-refractivity contribution >= 4 is 11.3 Å². The van der Waals surface area contributed by atoms with E-state index in [4.69, 9.17) is 0 Å². The first-order valence-corrected chi connectivity index (χ1v) is 7.63.